The number of H-pyrrole nitrogens is 2. The Balaban J connectivity index is 0.655. The van der Waals surface area contributed by atoms with Gasteiger partial charge in [-0.1, -0.05) is 133 Å². The van der Waals surface area contributed by atoms with Crippen LogP contribution in [0, 0.1) is 0 Å². The lowest BCUT2D eigenvalue weighted by Crippen LogP contribution is -2.15. The summed E-state index contributed by atoms with van der Waals surface area (Å²) in [6.07, 6.45) is -6.09. The van der Waals surface area contributed by atoms with Crippen molar-refractivity contribution in [1.82, 2.24) is 9.97 Å². The SMILES string of the molecule is CC(F)(F)c1cc(NC2=NC(=C(c3ccccc3)c3ccc(C(=C4C=CC(Nc5cccc(OCOc6cccc(NC7=NC(=C(c8ccccc8)c8ccc(C(=C9C=CC(Nc%10cc(C(F)(F)F)cc(C(F)(F)F)c%10)=N9)c9ccccc9)[nH]8)CC7)c6)c5)=N4)c4ccccc4)[nH]3)CC2)cc(C(F)(F)F)c1. The summed E-state index contributed by atoms with van der Waals surface area (Å²) >= 11 is 0. The molecule has 528 valence electrons. The average molecular weight is 1430 g/mol. The van der Waals surface area contributed by atoms with E-state index in [9.17, 15) is 48.3 Å². The molecule has 105 heavy (non-hydrogen) atoms. The maximum absolute atomic E-state index is 14.4. The van der Waals surface area contributed by atoms with Crippen molar-refractivity contribution in [3.05, 3.63) is 345 Å². The molecular formula is C82H61F11N10O2. The van der Waals surface area contributed by atoms with Gasteiger partial charge in [0, 0.05) is 105 Å². The molecule has 4 aliphatic rings. The lowest BCUT2D eigenvalue weighted by molar-refractivity contribution is -0.143. The van der Waals surface area contributed by atoms with Gasteiger partial charge in [0.05, 0.1) is 39.5 Å². The highest BCUT2D eigenvalue weighted by molar-refractivity contribution is 6.09. The first-order valence-electron chi connectivity index (χ1n) is 33.2. The van der Waals surface area contributed by atoms with Crippen LogP contribution in [-0.4, -0.2) is 40.1 Å². The number of hydrogen-bond acceptors (Lipinski definition) is 10. The summed E-state index contributed by atoms with van der Waals surface area (Å²) in [6, 6.07) is 64.5. The Morgan fingerprint density at radius 2 is 0.686 bits per heavy atom. The summed E-state index contributed by atoms with van der Waals surface area (Å²) in [5.41, 5.74) is 7.68. The highest BCUT2D eigenvalue weighted by atomic mass is 19.4. The first kappa shape index (κ1) is 69.6. The summed E-state index contributed by atoms with van der Waals surface area (Å²) in [6.45, 7) is 0.429. The van der Waals surface area contributed by atoms with Crippen molar-refractivity contribution < 1.29 is 57.8 Å². The van der Waals surface area contributed by atoms with Crippen LogP contribution in [0.4, 0.5) is 71.0 Å². The van der Waals surface area contributed by atoms with Gasteiger partial charge in [-0.25, -0.2) is 28.8 Å². The molecule has 4 aliphatic heterocycles. The van der Waals surface area contributed by atoms with Crippen molar-refractivity contribution in [3.63, 3.8) is 0 Å². The average Bonchev–Trinajstić information content (AvgIpc) is 1.63. The maximum atomic E-state index is 14.4. The minimum Gasteiger partial charge on any atom is -0.457 e. The molecule has 0 aliphatic carbocycles. The number of rotatable bonds is 17. The van der Waals surface area contributed by atoms with Crippen LogP contribution >= 0.6 is 0 Å². The molecule has 0 saturated heterocycles. The van der Waals surface area contributed by atoms with Crippen molar-refractivity contribution in [1.29, 1.82) is 0 Å². The van der Waals surface area contributed by atoms with Crippen molar-refractivity contribution in [3.8, 4) is 11.5 Å². The van der Waals surface area contributed by atoms with Gasteiger partial charge in [-0.3, -0.25) is 0 Å². The zero-order valence-electron chi connectivity index (χ0n) is 55.5. The number of ether oxygens (including phenoxy) is 2. The molecule has 0 fully saturated rings. The quantitative estimate of drug-likeness (QED) is 0.0395. The zero-order valence-corrected chi connectivity index (χ0v) is 55.5. The molecule has 0 saturated carbocycles. The number of halogens is 11. The summed E-state index contributed by atoms with van der Waals surface area (Å²) in [4.78, 5) is 26.9. The lowest BCUT2D eigenvalue weighted by atomic mass is 9.99. The number of aromatic nitrogens is 2. The van der Waals surface area contributed by atoms with Crippen LogP contribution in [-0.2, 0) is 24.5 Å². The summed E-state index contributed by atoms with van der Waals surface area (Å²) < 4.78 is 165. The number of benzene rings is 8. The molecule has 12 nitrogen and oxygen atoms in total. The number of hydrogen-bond donors (Lipinski definition) is 6. The van der Waals surface area contributed by atoms with Gasteiger partial charge in [0.25, 0.3) is 5.92 Å². The highest BCUT2D eigenvalue weighted by Gasteiger charge is 2.38. The molecule has 2 aromatic heterocycles. The molecule has 0 spiro atoms. The third kappa shape index (κ3) is 16.4. The maximum Gasteiger partial charge on any atom is 0.416 e. The number of anilines is 4. The molecule has 0 bridgehead atoms. The molecule has 6 N–H and O–H groups in total. The molecule has 6 heterocycles. The Hall–Kier alpha value is -12.5. The van der Waals surface area contributed by atoms with Gasteiger partial charge in [-0.15, -0.1) is 0 Å². The third-order valence-corrected chi connectivity index (χ3v) is 17.4. The van der Waals surface area contributed by atoms with Crippen LogP contribution in [0.25, 0.3) is 22.3 Å². The monoisotopic (exact) mass is 1430 g/mol. The van der Waals surface area contributed by atoms with Gasteiger partial charge in [0.2, 0.25) is 6.79 Å². The van der Waals surface area contributed by atoms with E-state index in [1.54, 1.807) is 6.08 Å². The van der Waals surface area contributed by atoms with Crippen LogP contribution in [0.1, 0.15) is 99.9 Å². The summed E-state index contributed by atoms with van der Waals surface area (Å²) in [5, 5.41) is 12.4. The Morgan fingerprint density at radius 3 is 1.09 bits per heavy atom. The fraction of sp³-hybridized carbons (Fsp3) is 0.122. The van der Waals surface area contributed by atoms with E-state index >= 15 is 0 Å². The smallest absolute Gasteiger partial charge is 0.416 e. The zero-order chi connectivity index (χ0) is 73.0. The van der Waals surface area contributed by atoms with E-state index in [2.05, 4.69) is 36.2 Å². The molecule has 10 aromatic rings. The van der Waals surface area contributed by atoms with Crippen LogP contribution < -0.4 is 30.7 Å². The largest absolute Gasteiger partial charge is 0.457 e. The molecule has 0 atom stereocenters. The van der Waals surface area contributed by atoms with E-state index in [1.165, 1.54) is 6.08 Å². The Bertz CT molecular complexity index is 5200. The minimum absolute atomic E-state index is 0.0392. The first-order chi connectivity index (χ1) is 50.5. The number of nitrogens with zero attached hydrogens (tertiary/aromatic N) is 4. The summed E-state index contributed by atoms with van der Waals surface area (Å²) in [7, 11) is 0. The minimum atomic E-state index is -5.03. The third-order valence-electron chi connectivity index (χ3n) is 17.4. The standard InChI is InChI=1S/C82H61F11N10O2/c1-79(83,84)53-40-54(80(85,86)87)43-59(42-53)96-73-38-34-69(102-73)77(51-20-10-4-11-21-51)65-30-28-63(98-65)75(49-16-6-2-7-17-49)67-32-36-71(100-67)94-57-24-14-26-61(46-57)104-48-105-62-27-15-25-58(47-62)95-72-37-33-68(101-72)76(50-18-8-3-9-19-50)64-29-31-66(99-64)78(52-22-12-5-13-23-52)70-35-39-74(103-70)97-60-44-55(81(88,89)90)41-56(45-60)82(91,92)93/h2-32,35-36,39-47,98-99H,33-34,37-38,48H2,1H3,(H,94,100)(H,95,101)(H,96,102)(H,97,103). The van der Waals surface area contributed by atoms with Gasteiger partial charge >= 0.3 is 18.5 Å². The molecule has 0 radical (unpaired) electrons. The number of nitrogens with one attached hydrogen (secondary N) is 6. The van der Waals surface area contributed by atoms with Gasteiger partial charge in [0.15, 0.2) is 0 Å². The normalized spacial score (nSPS) is 16.5. The van der Waals surface area contributed by atoms with Crippen molar-refractivity contribution >= 4 is 68.4 Å². The van der Waals surface area contributed by atoms with Crippen LogP contribution in [0.15, 0.2) is 298 Å². The molecule has 23 heteroatoms. The fourth-order valence-electron chi connectivity index (χ4n) is 12.6. The topological polar surface area (TPSA) is 148 Å². The van der Waals surface area contributed by atoms with Gasteiger partial charge in [0.1, 0.15) is 34.8 Å². The Kier molecular flexibility index (Phi) is 19.3. The number of aromatic amines is 2. The molecular weight excluding hydrogens is 1370 g/mol. The van der Waals surface area contributed by atoms with E-state index in [0.717, 1.165) is 73.9 Å². The number of alkyl halides is 11. The molecule has 0 unspecified atom stereocenters. The van der Waals surface area contributed by atoms with Crippen molar-refractivity contribution in [2.75, 3.05) is 28.1 Å². The van der Waals surface area contributed by atoms with Gasteiger partial charge in [-0.05, 0) is 144 Å². The Morgan fingerprint density at radius 1 is 0.343 bits per heavy atom. The molecule has 8 aromatic carbocycles. The van der Waals surface area contributed by atoms with Crippen LogP contribution in [0.2, 0.25) is 0 Å². The second kappa shape index (κ2) is 29.1. The molecule has 0 amide bonds. The highest BCUT2D eigenvalue weighted by Crippen LogP contribution is 2.43. The van der Waals surface area contributed by atoms with Gasteiger partial charge in [-0.2, -0.15) is 39.5 Å². The predicted octanol–water partition coefficient (Wildman–Crippen LogP) is 21.7. The van der Waals surface area contributed by atoms with Crippen LogP contribution in [0.3, 0.4) is 0 Å². The van der Waals surface area contributed by atoms with Gasteiger partial charge < -0.3 is 40.7 Å². The first-order valence-corrected chi connectivity index (χ1v) is 33.2. The van der Waals surface area contributed by atoms with Crippen molar-refractivity contribution in [2.24, 2.45) is 20.0 Å². The van der Waals surface area contributed by atoms with E-state index in [0.29, 0.717) is 120 Å². The van der Waals surface area contributed by atoms with E-state index in [1.807, 2.05) is 206 Å². The lowest BCUT2D eigenvalue weighted by Gasteiger charge is -2.17. The second-order valence-corrected chi connectivity index (χ2v) is 24.9. The van der Waals surface area contributed by atoms with Crippen LogP contribution in [0.5, 0.6) is 11.5 Å². The summed E-state index contributed by atoms with van der Waals surface area (Å²) in [5.74, 6) is -0.824. The molecule has 14 rings (SSSR count). The fourth-order valence-corrected chi connectivity index (χ4v) is 12.6. The Labute approximate surface area is 595 Å². The van der Waals surface area contributed by atoms with E-state index in [-0.39, 0.29) is 24.4 Å². The van der Waals surface area contributed by atoms with Crippen molar-refractivity contribution in [2.45, 2.75) is 57.1 Å². The number of allylic oxidation sites excluding steroid dienone is 4. The number of aliphatic imine (C=N–C) groups is 4. The van der Waals surface area contributed by atoms with E-state index in [4.69, 9.17) is 24.5 Å². The number of amidine groups is 4. The predicted molar refractivity (Wildman–Crippen MR) is 389 cm³/mol. The second-order valence-electron chi connectivity index (χ2n) is 24.9. The van der Waals surface area contributed by atoms with E-state index < -0.39 is 52.4 Å².